The second kappa shape index (κ2) is 4.78. The average molecular weight is 264 g/mol. The Balaban J connectivity index is 1.95. The quantitative estimate of drug-likeness (QED) is 0.660. The van der Waals surface area contributed by atoms with Gasteiger partial charge in [0.05, 0.1) is 11.0 Å². The normalized spacial score (nSPS) is 11.9. The van der Waals surface area contributed by atoms with Gasteiger partial charge in [0.25, 0.3) is 0 Å². The monoisotopic (exact) mass is 264 g/mol. The van der Waals surface area contributed by atoms with Crippen LogP contribution in [0, 0.1) is 5.41 Å². The lowest BCUT2D eigenvalue weighted by Gasteiger charge is -2.18. The molecule has 2 aromatic carbocycles. The maximum atomic E-state index is 4.44. The summed E-state index contributed by atoms with van der Waals surface area (Å²) in [7, 11) is 0. The molecule has 0 aliphatic rings. The average Bonchev–Trinajstić information content (AvgIpc) is 2.82. The largest absolute Gasteiger partial charge is 0.299 e. The Labute approximate surface area is 120 Å². The van der Waals surface area contributed by atoms with Crippen LogP contribution in [0.4, 0.5) is 0 Å². The van der Waals surface area contributed by atoms with Gasteiger partial charge in [0.15, 0.2) is 0 Å². The molecular weight excluding hydrogens is 244 g/mol. The number of hydrogen-bond acceptors (Lipinski definition) is 1. The molecular formula is C18H20N2. The van der Waals surface area contributed by atoms with Crippen molar-refractivity contribution >= 4 is 11.0 Å². The van der Waals surface area contributed by atoms with Gasteiger partial charge in [0.1, 0.15) is 6.33 Å². The SMILES string of the molecule is CC(C)(C)Cc1ccc(-n2cnc3ccccc32)cc1. The van der Waals surface area contributed by atoms with E-state index in [-0.39, 0.29) is 0 Å². The summed E-state index contributed by atoms with van der Waals surface area (Å²) in [4.78, 5) is 4.44. The van der Waals surface area contributed by atoms with Crippen molar-refractivity contribution in [1.82, 2.24) is 9.55 Å². The van der Waals surface area contributed by atoms with E-state index in [1.54, 1.807) is 0 Å². The molecule has 0 saturated carbocycles. The second-order valence-corrected chi connectivity index (χ2v) is 6.51. The number of para-hydroxylation sites is 2. The molecule has 102 valence electrons. The lowest BCUT2D eigenvalue weighted by Crippen LogP contribution is -2.09. The van der Waals surface area contributed by atoms with Gasteiger partial charge in [0, 0.05) is 5.69 Å². The Bertz CT molecular complexity index is 715. The van der Waals surface area contributed by atoms with Crippen molar-refractivity contribution in [2.75, 3.05) is 0 Å². The molecule has 3 rings (SSSR count). The molecule has 2 heteroatoms. The first-order valence-electron chi connectivity index (χ1n) is 7.04. The molecule has 1 aromatic heterocycles. The minimum absolute atomic E-state index is 0.323. The first-order valence-corrected chi connectivity index (χ1v) is 7.04. The summed E-state index contributed by atoms with van der Waals surface area (Å²) >= 11 is 0. The number of benzene rings is 2. The number of aromatic nitrogens is 2. The van der Waals surface area contributed by atoms with Gasteiger partial charge in [-0.2, -0.15) is 0 Å². The summed E-state index contributed by atoms with van der Waals surface area (Å²) in [6.07, 6.45) is 2.99. The lowest BCUT2D eigenvalue weighted by atomic mass is 9.88. The summed E-state index contributed by atoms with van der Waals surface area (Å²) in [5.74, 6) is 0. The summed E-state index contributed by atoms with van der Waals surface area (Å²) in [5, 5.41) is 0. The minimum atomic E-state index is 0.323. The highest BCUT2D eigenvalue weighted by Gasteiger charge is 2.11. The van der Waals surface area contributed by atoms with Crippen molar-refractivity contribution in [1.29, 1.82) is 0 Å². The zero-order valence-electron chi connectivity index (χ0n) is 12.3. The molecule has 0 aliphatic heterocycles. The zero-order valence-corrected chi connectivity index (χ0v) is 12.3. The fourth-order valence-corrected chi connectivity index (χ4v) is 2.55. The molecule has 2 nitrogen and oxygen atoms in total. The molecule has 0 fully saturated rings. The van der Waals surface area contributed by atoms with Crippen LogP contribution in [-0.4, -0.2) is 9.55 Å². The molecule has 3 aromatic rings. The first-order chi connectivity index (χ1) is 9.53. The Hall–Kier alpha value is -2.09. The van der Waals surface area contributed by atoms with Crippen LogP contribution in [0.5, 0.6) is 0 Å². The third-order valence-electron chi connectivity index (χ3n) is 3.40. The molecule has 0 spiro atoms. The zero-order chi connectivity index (χ0) is 14.2. The van der Waals surface area contributed by atoms with Crippen molar-refractivity contribution in [3.05, 3.63) is 60.4 Å². The molecule has 0 amide bonds. The maximum absolute atomic E-state index is 4.44. The highest BCUT2D eigenvalue weighted by molar-refractivity contribution is 5.77. The van der Waals surface area contributed by atoms with Crippen LogP contribution in [0.15, 0.2) is 54.9 Å². The maximum Gasteiger partial charge on any atom is 0.100 e. The van der Waals surface area contributed by atoms with E-state index in [4.69, 9.17) is 0 Å². The van der Waals surface area contributed by atoms with E-state index in [9.17, 15) is 0 Å². The summed E-state index contributed by atoms with van der Waals surface area (Å²) in [6, 6.07) is 17.0. The topological polar surface area (TPSA) is 17.8 Å². The van der Waals surface area contributed by atoms with E-state index >= 15 is 0 Å². The number of fused-ring (bicyclic) bond motifs is 1. The van der Waals surface area contributed by atoms with Crippen LogP contribution in [-0.2, 0) is 6.42 Å². The molecule has 0 unspecified atom stereocenters. The van der Waals surface area contributed by atoms with Crippen molar-refractivity contribution in [3.63, 3.8) is 0 Å². The predicted molar refractivity (Wildman–Crippen MR) is 84.2 cm³/mol. The fourth-order valence-electron chi connectivity index (χ4n) is 2.55. The fraction of sp³-hybridized carbons (Fsp3) is 0.278. The van der Waals surface area contributed by atoms with Crippen LogP contribution >= 0.6 is 0 Å². The van der Waals surface area contributed by atoms with Crippen LogP contribution in [0.1, 0.15) is 26.3 Å². The molecule has 20 heavy (non-hydrogen) atoms. The van der Waals surface area contributed by atoms with Gasteiger partial charge >= 0.3 is 0 Å². The Morgan fingerprint density at radius 3 is 2.35 bits per heavy atom. The van der Waals surface area contributed by atoms with Crippen molar-refractivity contribution in [3.8, 4) is 5.69 Å². The van der Waals surface area contributed by atoms with Crippen LogP contribution in [0.3, 0.4) is 0 Å². The summed E-state index contributed by atoms with van der Waals surface area (Å²) in [5.41, 5.74) is 5.05. The lowest BCUT2D eigenvalue weighted by molar-refractivity contribution is 0.411. The second-order valence-electron chi connectivity index (χ2n) is 6.51. The summed E-state index contributed by atoms with van der Waals surface area (Å²) < 4.78 is 2.14. The van der Waals surface area contributed by atoms with Gasteiger partial charge in [-0.25, -0.2) is 4.98 Å². The van der Waals surface area contributed by atoms with E-state index in [0.717, 1.165) is 23.1 Å². The highest BCUT2D eigenvalue weighted by atomic mass is 15.0. The van der Waals surface area contributed by atoms with Gasteiger partial charge in [-0.3, -0.25) is 4.57 Å². The van der Waals surface area contributed by atoms with Gasteiger partial charge in [-0.05, 0) is 41.7 Å². The van der Waals surface area contributed by atoms with Crippen molar-refractivity contribution in [2.45, 2.75) is 27.2 Å². The van der Waals surface area contributed by atoms with E-state index in [0.29, 0.717) is 5.41 Å². The molecule has 1 heterocycles. The van der Waals surface area contributed by atoms with Crippen LogP contribution in [0.25, 0.3) is 16.7 Å². The molecule has 0 atom stereocenters. The molecule has 0 bridgehead atoms. The number of hydrogen-bond donors (Lipinski definition) is 0. The first kappa shape index (κ1) is 12.9. The molecule has 0 radical (unpaired) electrons. The Morgan fingerprint density at radius 1 is 0.950 bits per heavy atom. The van der Waals surface area contributed by atoms with Gasteiger partial charge < -0.3 is 0 Å². The Kier molecular flexibility index (Phi) is 3.09. The minimum Gasteiger partial charge on any atom is -0.299 e. The van der Waals surface area contributed by atoms with E-state index in [1.807, 2.05) is 18.5 Å². The van der Waals surface area contributed by atoms with Gasteiger partial charge in [-0.1, -0.05) is 45.0 Å². The number of rotatable bonds is 2. The third-order valence-corrected chi connectivity index (χ3v) is 3.40. The van der Waals surface area contributed by atoms with Crippen LogP contribution < -0.4 is 0 Å². The van der Waals surface area contributed by atoms with Crippen molar-refractivity contribution < 1.29 is 0 Å². The summed E-state index contributed by atoms with van der Waals surface area (Å²) in [6.45, 7) is 6.80. The van der Waals surface area contributed by atoms with E-state index in [2.05, 4.69) is 66.7 Å². The van der Waals surface area contributed by atoms with Crippen LogP contribution in [0.2, 0.25) is 0 Å². The number of imidazole rings is 1. The molecule has 0 N–H and O–H groups in total. The standard InChI is InChI=1S/C18H20N2/c1-18(2,3)12-14-8-10-15(11-9-14)20-13-19-16-6-4-5-7-17(16)20/h4-11,13H,12H2,1-3H3. The smallest absolute Gasteiger partial charge is 0.100 e. The van der Waals surface area contributed by atoms with E-state index < -0.39 is 0 Å². The van der Waals surface area contributed by atoms with Gasteiger partial charge in [0.2, 0.25) is 0 Å². The third kappa shape index (κ3) is 2.60. The molecule has 0 saturated heterocycles. The predicted octanol–water partition coefficient (Wildman–Crippen LogP) is 4.61. The van der Waals surface area contributed by atoms with Gasteiger partial charge in [-0.15, -0.1) is 0 Å². The number of nitrogens with zero attached hydrogens (tertiary/aromatic N) is 2. The highest BCUT2D eigenvalue weighted by Crippen LogP contribution is 2.22. The van der Waals surface area contributed by atoms with E-state index in [1.165, 1.54) is 5.56 Å². The Morgan fingerprint density at radius 2 is 1.65 bits per heavy atom. The molecule has 0 aliphatic carbocycles. The van der Waals surface area contributed by atoms with Crippen molar-refractivity contribution in [2.24, 2.45) is 5.41 Å².